The monoisotopic (exact) mass is 194 g/mol. The van der Waals surface area contributed by atoms with Gasteiger partial charge in [-0.15, -0.1) is 0 Å². The first-order valence-corrected chi connectivity index (χ1v) is 4.96. The Morgan fingerprint density at radius 3 is 3.07 bits per heavy atom. The average Bonchev–Trinajstić information content (AvgIpc) is 2.81. The van der Waals surface area contributed by atoms with Gasteiger partial charge in [0, 0.05) is 18.4 Å². The second-order valence-corrected chi connectivity index (χ2v) is 3.87. The third-order valence-electron chi connectivity index (χ3n) is 2.55. The molecular formula is C10H14N2O2. The van der Waals surface area contributed by atoms with Crippen molar-refractivity contribution in [1.29, 1.82) is 0 Å². The molecule has 0 bridgehead atoms. The van der Waals surface area contributed by atoms with E-state index in [1.165, 1.54) is 12.8 Å². The highest BCUT2D eigenvalue weighted by Gasteiger charge is 2.22. The zero-order valence-corrected chi connectivity index (χ0v) is 8.02. The van der Waals surface area contributed by atoms with Crippen LogP contribution in [0, 0.1) is 5.92 Å². The fraction of sp³-hybridized carbons (Fsp3) is 0.600. The van der Waals surface area contributed by atoms with Crippen molar-refractivity contribution in [2.75, 3.05) is 0 Å². The molecule has 2 rings (SSSR count). The quantitative estimate of drug-likeness (QED) is 0.768. The maximum Gasteiger partial charge on any atom is 0.303 e. The molecular weight excluding hydrogens is 180 g/mol. The predicted octanol–water partition coefficient (Wildman–Crippen LogP) is 1.31. The molecule has 1 aromatic heterocycles. The van der Waals surface area contributed by atoms with Crippen molar-refractivity contribution in [2.24, 2.45) is 5.92 Å². The summed E-state index contributed by atoms with van der Waals surface area (Å²) in [6.07, 6.45) is 6.95. The number of carboxylic acids is 1. The second-order valence-electron chi connectivity index (χ2n) is 3.87. The van der Waals surface area contributed by atoms with Crippen molar-refractivity contribution < 1.29 is 9.90 Å². The molecule has 0 amide bonds. The highest BCUT2D eigenvalue weighted by atomic mass is 16.4. The highest BCUT2D eigenvalue weighted by Crippen LogP contribution is 2.30. The SMILES string of the molecule is O=C(O)CCc1cncn1CC1CC1. The van der Waals surface area contributed by atoms with E-state index in [2.05, 4.69) is 9.55 Å². The summed E-state index contributed by atoms with van der Waals surface area (Å²) in [6, 6.07) is 0. The molecule has 4 nitrogen and oxygen atoms in total. The van der Waals surface area contributed by atoms with Gasteiger partial charge in [0.25, 0.3) is 0 Å². The van der Waals surface area contributed by atoms with Gasteiger partial charge in [-0.2, -0.15) is 0 Å². The molecule has 0 spiro atoms. The summed E-state index contributed by atoms with van der Waals surface area (Å²) in [5.74, 6) is 0.0527. The van der Waals surface area contributed by atoms with Crippen LogP contribution < -0.4 is 0 Å². The van der Waals surface area contributed by atoms with E-state index < -0.39 is 5.97 Å². The zero-order chi connectivity index (χ0) is 9.97. The Balaban J connectivity index is 1.93. The lowest BCUT2D eigenvalue weighted by Crippen LogP contribution is -2.05. The molecule has 0 atom stereocenters. The normalized spacial score (nSPS) is 15.7. The van der Waals surface area contributed by atoms with Gasteiger partial charge in [-0.25, -0.2) is 4.98 Å². The number of hydrogen-bond donors (Lipinski definition) is 1. The van der Waals surface area contributed by atoms with Crippen LogP contribution in [0.5, 0.6) is 0 Å². The Morgan fingerprint density at radius 2 is 2.43 bits per heavy atom. The molecule has 0 aromatic carbocycles. The first kappa shape index (κ1) is 9.24. The summed E-state index contributed by atoms with van der Waals surface area (Å²) in [5.41, 5.74) is 1.04. The van der Waals surface area contributed by atoms with Crippen LogP contribution in [0.1, 0.15) is 25.0 Å². The number of aliphatic carboxylic acids is 1. The molecule has 0 unspecified atom stereocenters. The number of rotatable bonds is 5. The third kappa shape index (κ3) is 2.34. The van der Waals surface area contributed by atoms with E-state index >= 15 is 0 Å². The topological polar surface area (TPSA) is 55.1 Å². The van der Waals surface area contributed by atoms with E-state index in [-0.39, 0.29) is 6.42 Å². The molecule has 76 valence electrons. The standard InChI is InChI=1S/C10H14N2O2/c13-10(14)4-3-9-5-11-7-12(9)6-8-1-2-8/h5,7-8H,1-4,6H2,(H,13,14). The third-order valence-corrected chi connectivity index (χ3v) is 2.55. The van der Waals surface area contributed by atoms with Crippen LogP contribution in [-0.4, -0.2) is 20.6 Å². The van der Waals surface area contributed by atoms with Crippen molar-refractivity contribution in [2.45, 2.75) is 32.2 Å². The Hall–Kier alpha value is -1.32. The van der Waals surface area contributed by atoms with Crippen LogP contribution in [0.15, 0.2) is 12.5 Å². The maximum absolute atomic E-state index is 10.4. The molecule has 14 heavy (non-hydrogen) atoms. The molecule has 1 aliphatic rings. The number of nitrogens with zero attached hydrogens (tertiary/aromatic N) is 2. The summed E-state index contributed by atoms with van der Waals surface area (Å²) in [5, 5.41) is 8.57. The van der Waals surface area contributed by atoms with Gasteiger partial charge in [0.05, 0.1) is 12.7 Å². The minimum Gasteiger partial charge on any atom is -0.481 e. The second kappa shape index (κ2) is 3.82. The fourth-order valence-corrected chi connectivity index (χ4v) is 1.53. The van der Waals surface area contributed by atoms with E-state index in [1.807, 2.05) is 0 Å². The van der Waals surface area contributed by atoms with E-state index in [0.29, 0.717) is 6.42 Å². The van der Waals surface area contributed by atoms with Gasteiger partial charge in [0.15, 0.2) is 0 Å². The summed E-state index contributed by atoms with van der Waals surface area (Å²) in [7, 11) is 0. The van der Waals surface area contributed by atoms with Crippen molar-refractivity contribution in [3.8, 4) is 0 Å². The van der Waals surface area contributed by atoms with E-state index in [1.54, 1.807) is 12.5 Å². The summed E-state index contributed by atoms with van der Waals surface area (Å²) >= 11 is 0. The molecule has 4 heteroatoms. The van der Waals surface area contributed by atoms with Gasteiger partial charge in [-0.3, -0.25) is 4.79 Å². The lowest BCUT2D eigenvalue weighted by molar-refractivity contribution is -0.136. The molecule has 1 aromatic rings. The molecule has 1 N–H and O–H groups in total. The highest BCUT2D eigenvalue weighted by molar-refractivity contribution is 5.66. The fourth-order valence-electron chi connectivity index (χ4n) is 1.53. The minimum atomic E-state index is -0.746. The predicted molar refractivity (Wildman–Crippen MR) is 50.9 cm³/mol. The van der Waals surface area contributed by atoms with Crippen molar-refractivity contribution in [3.63, 3.8) is 0 Å². The number of hydrogen-bond acceptors (Lipinski definition) is 2. The summed E-state index contributed by atoms with van der Waals surface area (Å²) in [4.78, 5) is 14.5. The van der Waals surface area contributed by atoms with Crippen LogP contribution >= 0.6 is 0 Å². The number of carbonyl (C=O) groups is 1. The number of aryl methyl sites for hydroxylation is 1. The Labute approximate surface area is 82.6 Å². The van der Waals surface area contributed by atoms with Crippen LogP contribution in [-0.2, 0) is 17.8 Å². The van der Waals surface area contributed by atoms with Gasteiger partial charge in [-0.05, 0) is 25.2 Å². The molecule has 0 aliphatic heterocycles. The Kier molecular flexibility index (Phi) is 2.52. The molecule has 1 aliphatic carbocycles. The zero-order valence-electron chi connectivity index (χ0n) is 8.02. The lowest BCUT2D eigenvalue weighted by atomic mass is 10.2. The lowest BCUT2D eigenvalue weighted by Gasteiger charge is -2.05. The number of imidazole rings is 1. The Morgan fingerprint density at radius 1 is 1.64 bits per heavy atom. The van der Waals surface area contributed by atoms with Crippen LogP contribution in [0.2, 0.25) is 0 Å². The van der Waals surface area contributed by atoms with Crippen LogP contribution in [0.25, 0.3) is 0 Å². The maximum atomic E-state index is 10.4. The minimum absolute atomic E-state index is 0.191. The van der Waals surface area contributed by atoms with Crippen molar-refractivity contribution in [1.82, 2.24) is 9.55 Å². The number of aromatic nitrogens is 2. The van der Waals surface area contributed by atoms with Crippen molar-refractivity contribution >= 4 is 5.97 Å². The van der Waals surface area contributed by atoms with E-state index in [4.69, 9.17) is 5.11 Å². The molecule has 1 heterocycles. The summed E-state index contributed by atoms with van der Waals surface area (Å²) in [6.45, 7) is 1.01. The molecule has 0 saturated heterocycles. The van der Waals surface area contributed by atoms with E-state index in [0.717, 1.165) is 18.2 Å². The van der Waals surface area contributed by atoms with Gasteiger partial charge >= 0.3 is 5.97 Å². The van der Waals surface area contributed by atoms with Crippen LogP contribution in [0.4, 0.5) is 0 Å². The first-order chi connectivity index (χ1) is 6.75. The van der Waals surface area contributed by atoms with Gasteiger partial charge in [-0.1, -0.05) is 0 Å². The van der Waals surface area contributed by atoms with Crippen LogP contribution in [0.3, 0.4) is 0 Å². The van der Waals surface area contributed by atoms with Gasteiger partial charge in [0.2, 0.25) is 0 Å². The Bertz CT molecular complexity index is 329. The number of carboxylic acid groups (broad SMARTS) is 1. The largest absolute Gasteiger partial charge is 0.481 e. The van der Waals surface area contributed by atoms with Gasteiger partial charge in [0.1, 0.15) is 0 Å². The van der Waals surface area contributed by atoms with E-state index in [9.17, 15) is 4.79 Å². The molecule has 1 saturated carbocycles. The first-order valence-electron chi connectivity index (χ1n) is 4.96. The summed E-state index contributed by atoms with van der Waals surface area (Å²) < 4.78 is 2.08. The van der Waals surface area contributed by atoms with Crippen molar-refractivity contribution in [3.05, 3.63) is 18.2 Å². The average molecular weight is 194 g/mol. The molecule has 1 fully saturated rings. The smallest absolute Gasteiger partial charge is 0.303 e. The molecule has 0 radical (unpaired) electrons. The van der Waals surface area contributed by atoms with Gasteiger partial charge < -0.3 is 9.67 Å².